The lowest BCUT2D eigenvalue weighted by molar-refractivity contribution is 0.146. The maximum Gasteiger partial charge on any atom is 0.191 e. The predicted molar refractivity (Wildman–Crippen MR) is 117 cm³/mol. The molecule has 2 N–H and O–H groups in total. The number of rotatable bonds is 9. The van der Waals surface area contributed by atoms with Crippen LogP contribution in [0.3, 0.4) is 0 Å². The summed E-state index contributed by atoms with van der Waals surface area (Å²) in [6.07, 6.45) is 0. The van der Waals surface area contributed by atoms with Gasteiger partial charge in [-0.25, -0.2) is 9.38 Å². The monoisotopic (exact) mass is 487 g/mol. The molecule has 0 saturated carbocycles. The lowest BCUT2D eigenvalue weighted by Crippen LogP contribution is -2.37. The minimum atomic E-state index is -0.222. The topological polar surface area (TPSA) is 54.9 Å². The molecule has 0 aliphatic heterocycles. The number of methoxy groups -OCH3 is 1. The van der Waals surface area contributed by atoms with Crippen LogP contribution >= 0.6 is 24.0 Å². The van der Waals surface area contributed by atoms with E-state index in [1.807, 2.05) is 37.3 Å². The van der Waals surface area contributed by atoms with E-state index in [1.54, 1.807) is 19.2 Å². The van der Waals surface area contributed by atoms with E-state index in [0.717, 1.165) is 17.9 Å². The summed E-state index contributed by atoms with van der Waals surface area (Å²) >= 11 is 0. The maximum absolute atomic E-state index is 13.7. The van der Waals surface area contributed by atoms with Crippen molar-refractivity contribution in [2.24, 2.45) is 4.99 Å². The first-order valence-corrected chi connectivity index (χ1v) is 8.69. The Balaban J connectivity index is 0.00000364. The van der Waals surface area contributed by atoms with Gasteiger partial charge in [0.05, 0.1) is 13.2 Å². The Kier molecular flexibility index (Phi) is 11.4. The van der Waals surface area contributed by atoms with Crippen LogP contribution in [0, 0.1) is 5.82 Å². The SMILES string of the molecule is CCNC(=NCc1ccc(OCCOC)cc1)NCc1ccccc1F.I. The third-order valence-corrected chi connectivity index (χ3v) is 3.65. The molecule has 0 radical (unpaired) electrons. The van der Waals surface area contributed by atoms with Crippen LogP contribution in [0.1, 0.15) is 18.1 Å². The van der Waals surface area contributed by atoms with Gasteiger partial charge in [0.2, 0.25) is 0 Å². The summed E-state index contributed by atoms with van der Waals surface area (Å²) in [5, 5.41) is 6.32. The van der Waals surface area contributed by atoms with Gasteiger partial charge in [-0.1, -0.05) is 30.3 Å². The summed E-state index contributed by atoms with van der Waals surface area (Å²) in [4.78, 5) is 4.54. The van der Waals surface area contributed by atoms with Crippen LogP contribution in [-0.2, 0) is 17.8 Å². The number of halogens is 2. The molecule has 2 aromatic carbocycles. The van der Waals surface area contributed by atoms with Crippen molar-refractivity contribution in [2.75, 3.05) is 26.9 Å². The number of hydrogen-bond donors (Lipinski definition) is 2. The zero-order valence-corrected chi connectivity index (χ0v) is 18.0. The van der Waals surface area contributed by atoms with Crippen LogP contribution in [0.2, 0.25) is 0 Å². The standard InChI is InChI=1S/C20H26FN3O2.HI/c1-3-22-20(24-15-17-6-4-5-7-19(17)21)23-14-16-8-10-18(11-9-16)26-13-12-25-2;/h4-11H,3,12-15H2,1-2H3,(H2,22,23,24);1H. The van der Waals surface area contributed by atoms with Gasteiger partial charge in [0.15, 0.2) is 5.96 Å². The van der Waals surface area contributed by atoms with Crippen LogP contribution in [-0.4, -0.2) is 32.8 Å². The minimum absolute atomic E-state index is 0. The summed E-state index contributed by atoms with van der Waals surface area (Å²) in [6.45, 7) is 4.71. The first-order valence-electron chi connectivity index (χ1n) is 8.69. The molecule has 0 atom stereocenters. The third-order valence-electron chi connectivity index (χ3n) is 3.65. The Morgan fingerprint density at radius 3 is 2.44 bits per heavy atom. The summed E-state index contributed by atoms with van der Waals surface area (Å²) in [7, 11) is 1.65. The van der Waals surface area contributed by atoms with Crippen LogP contribution in [0.25, 0.3) is 0 Å². The molecule has 0 fully saturated rings. The van der Waals surface area contributed by atoms with Gasteiger partial charge >= 0.3 is 0 Å². The van der Waals surface area contributed by atoms with Crippen LogP contribution < -0.4 is 15.4 Å². The molecule has 148 valence electrons. The molecule has 2 aromatic rings. The molecular formula is C20H27FIN3O2. The fourth-order valence-electron chi connectivity index (χ4n) is 2.27. The van der Waals surface area contributed by atoms with E-state index in [2.05, 4.69) is 15.6 Å². The average molecular weight is 487 g/mol. The van der Waals surface area contributed by atoms with Gasteiger partial charge in [-0.2, -0.15) is 0 Å². The minimum Gasteiger partial charge on any atom is -0.491 e. The number of aliphatic imine (C=N–C) groups is 1. The number of nitrogens with zero attached hydrogens (tertiary/aromatic N) is 1. The van der Waals surface area contributed by atoms with Gasteiger partial charge in [0.25, 0.3) is 0 Å². The summed E-state index contributed by atoms with van der Waals surface area (Å²) in [6, 6.07) is 14.5. The van der Waals surface area contributed by atoms with E-state index in [4.69, 9.17) is 9.47 Å². The highest BCUT2D eigenvalue weighted by Crippen LogP contribution is 2.13. The molecule has 0 amide bonds. The van der Waals surface area contributed by atoms with Crippen molar-refractivity contribution in [3.8, 4) is 5.75 Å². The van der Waals surface area contributed by atoms with Crippen molar-refractivity contribution in [2.45, 2.75) is 20.0 Å². The molecule has 7 heteroatoms. The van der Waals surface area contributed by atoms with Gasteiger partial charge in [-0.15, -0.1) is 24.0 Å². The molecule has 27 heavy (non-hydrogen) atoms. The molecule has 2 rings (SSSR count). The Hall–Kier alpha value is -1.87. The summed E-state index contributed by atoms with van der Waals surface area (Å²) < 4.78 is 24.2. The number of nitrogens with one attached hydrogen (secondary N) is 2. The molecule has 0 aromatic heterocycles. The first-order chi connectivity index (χ1) is 12.7. The molecule has 0 aliphatic carbocycles. The van der Waals surface area contributed by atoms with Gasteiger partial charge in [-0.05, 0) is 30.7 Å². The van der Waals surface area contributed by atoms with E-state index >= 15 is 0 Å². The smallest absolute Gasteiger partial charge is 0.191 e. The fourth-order valence-corrected chi connectivity index (χ4v) is 2.27. The quantitative estimate of drug-likeness (QED) is 0.245. The second-order valence-electron chi connectivity index (χ2n) is 5.63. The molecule has 0 bridgehead atoms. The predicted octanol–water partition coefficient (Wildman–Crippen LogP) is 3.72. The zero-order valence-electron chi connectivity index (χ0n) is 15.7. The van der Waals surface area contributed by atoms with Crippen molar-refractivity contribution < 1.29 is 13.9 Å². The third kappa shape index (κ3) is 8.57. The Morgan fingerprint density at radius 1 is 1.04 bits per heavy atom. The second-order valence-corrected chi connectivity index (χ2v) is 5.63. The van der Waals surface area contributed by atoms with Crippen molar-refractivity contribution in [1.29, 1.82) is 0 Å². The maximum atomic E-state index is 13.7. The van der Waals surface area contributed by atoms with E-state index in [1.165, 1.54) is 6.07 Å². The van der Waals surface area contributed by atoms with Gasteiger partial charge in [-0.3, -0.25) is 0 Å². The van der Waals surface area contributed by atoms with E-state index in [0.29, 0.717) is 37.8 Å². The molecule has 0 unspecified atom stereocenters. The van der Waals surface area contributed by atoms with Gasteiger partial charge in [0.1, 0.15) is 18.2 Å². The van der Waals surface area contributed by atoms with Crippen molar-refractivity contribution in [1.82, 2.24) is 10.6 Å². The molecule has 0 heterocycles. The largest absolute Gasteiger partial charge is 0.491 e. The summed E-state index contributed by atoms with van der Waals surface area (Å²) in [5.74, 6) is 1.23. The van der Waals surface area contributed by atoms with E-state index in [9.17, 15) is 4.39 Å². The zero-order chi connectivity index (χ0) is 18.6. The number of ether oxygens (including phenoxy) is 2. The normalized spacial score (nSPS) is 10.9. The Labute approximate surface area is 177 Å². The second kappa shape index (κ2) is 13.3. The molecule has 0 spiro atoms. The highest BCUT2D eigenvalue weighted by Gasteiger charge is 2.03. The average Bonchev–Trinajstić information content (AvgIpc) is 2.66. The van der Waals surface area contributed by atoms with Crippen LogP contribution in [0.4, 0.5) is 4.39 Å². The fraction of sp³-hybridized carbons (Fsp3) is 0.350. The van der Waals surface area contributed by atoms with Crippen LogP contribution in [0.15, 0.2) is 53.5 Å². The van der Waals surface area contributed by atoms with E-state index < -0.39 is 0 Å². The van der Waals surface area contributed by atoms with Crippen LogP contribution in [0.5, 0.6) is 5.75 Å². The molecule has 0 aliphatic rings. The highest BCUT2D eigenvalue weighted by atomic mass is 127. The number of hydrogen-bond acceptors (Lipinski definition) is 3. The van der Waals surface area contributed by atoms with Gasteiger partial charge < -0.3 is 20.1 Å². The van der Waals surface area contributed by atoms with Crippen molar-refractivity contribution in [3.63, 3.8) is 0 Å². The number of benzene rings is 2. The molecular weight excluding hydrogens is 460 g/mol. The number of guanidine groups is 1. The van der Waals surface area contributed by atoms with Crippen molar-refractivity contribution >= 4 is 29.9 Å². The lowest BCUT2D eigenvalue weighted by atomic mass is 10.2. The first kappa shape index (κ1) is 23.2. The lowest BCUT2D eigenvalue weighted by Gasteiger charge is -2.12. The summed E-state index contributed by atoms with van der Waals surface area (Å²) in [5.41, 5.74) is 1.67. The molecule has 0 saturated heterocycles. The van der Waals surface area contributed by atoms with Gasteiger partial charge in [0, 0.05) is 25.8 Å². The highest BCUT2D eigenvalue weighted by molar-refractivity contribution is 14.0. The van der Waals surface area contributed by atoms with E-state index in [-0.39, 0.29) is 29.8 Å². The Bertz CT molecular complexity index is 696. The Morgan fingerprint density at radius 2 is 1.78 bits per heavy atom. The van der Waals surface area contributed by atoms with Crippen molar-refractivity contribution in [3.05, 3.63) is 65.5 Å². The molecule has 5 nitrogen and oxygen atoms in total.